The van der Waals surface area contributed by atoms with Crippen molar-refractivity contribution >= 4 is 34.0 Å². The quantitative estimate of drug-likeness (QED) is 0.142. The zero-order chi connectivity index (χ0) is 25.8. The molecule has 4 aromatic rings. The third-order valence-corrected chi connectivity index (χ3v) is 7.64. The number of rotatable bonds is 7. The summed E-state index contributed by atoms with van der Waals surface area (Å²) < 4.78 is 6.26. The van der Waals surface area contributed by atoms with Crippen molar-refractivity contribution in [3.05, 3.63) is 123 Å². The smallest absolute Gasteiger partial charge is 0.314 e. The van der Waals surface area contributed by atoms with Crippen molar-refractivity contribution in [3.63, 3.8) is 0 Å². The van der Waals surface area contributed by atoms with E-state index in [-0.39, 0.29) is 28.7 Å². The number of ether oxygens (including phenoxy) is 1. The van der Waals surface area contributed by atoms with E-state index in [0.29, 0.717) is 12.0 Å². The van der Waals surface area contributed by atoms with E-state index < -0.39 is 10.8 Å². The fourth-order valence-corrected chi connectivity index (χ4v) is 5.68. The lowest BCUT2D eigenvalue weighted by Gasteiger charge is -2.33. The van der Waals surface area contributed by atoms with Crippen LogP contribution in [-0.2, 0) is 16.0 Å². The normalized spacial score (nSPS) is 18.3. The fourth-order valence-electron chi connectivity index (χ4n) is 5.37. The molecule has 0 amide bonds. The average Bonchev–Trinajstić information content (AvgIpc) is 2.92. The van der Waals surface area contributed by atoms with E-state index in [2.05, 4.69) is 30.3 Å². The van der Waals surface area contributed by atoms with Crippen LogP contribution in [0.25, 0.3) is 10.8 Å². The molecule has 1 fully saturated rings. The molecular weight excluding hydrogens is 486 g/mol. The molecule has 5 nitrogen and oxygen atoms in total. The van der Waals surface area contributed by atoms with Crippen molar-refractivity contribution in [1.29, 1.82) is 0 Å². The lowest BCUT2D eigenvalue weighted by Crippen LogP contribution is -2.31. The highest BCUT2D eigenvalue weighted by Gasteiger charge is 2.33. The SMILES string of the molecule is O=C(O[C@@H]1CCCC[C@H]1c1ccc2ccccc2c1)[C@@H](Cc1ccccc1)c1ccc([N+](=O)[O-])cc1Cl. The van der Waals surface area contributed by atoms with E-state index in [1.165, 1.54) is 28.5 Å². The van der Waals surface area contributed by atoms with Gasteiger partial charge >= 0.3 is 5.97 Å². The number of hydrogen-bond donors (Lipinski definition) is 0. The Kier molecular flexibility index (Phi) is 7.52. The first-order chi connectivity index (χ1) is 18.0. The molecule has 6 heteroatoms. The minimum Gasteiger partial charge on any atom is -0.461 e. The Labute approximate surface area is 221 Å². The molecule has 1 aliphatic carbocycles. The maximum Gasteiger partial charge on any atom is 0.314 e. The van der Waals surface area contributed by atoms with E-state index in [0.717, 1.165) is 31.2 Å². The van der Waals surface area contributed by atoms with Gasteiger partial charge in [-0.25, -0.2) is 0 Å². The van der Waals surface area contributed by atoms with E-state index in [1.807, 2.05) is 42.5 Å². The Balaban J connectivity index is 1.44. The van der Waals surface area contributed by atoms with Gasteiger partial charge in [0.15, 0.2) is 0 Å². The third-order valence-electron chi connectivity index (χ3n) is 7.31. The standard InChI is InChI=1S/C31H28ClNO4/c32-29-20-25(33(35)36)16-17-27(29)28(18-21-8-2-1-3-9-21)31(34)37-30-13-7-6-12-26(30)24-15-14-22-10-4-5-11-23(22)19-24/h1-5,8-11,14-17,19-20,26,28,30H,6-7,12-13,18H2/t26-,28-,30+/m0/s1. The third kappa shape index (κ3) is 5.67. The number of fused-ring (bicyclic) bond motifs is 1. The summed E-state index contributed by atoms with van der Waals surface area (Å²) in [5.74, 6) is -0.904. The monoisotopic (exact) mass is 513 g/mol. The number of halogens is 1. The largest absolute Gasteiger partial charge is 0.461 e. The van der Waals surface area contributed by atoms with Crippen molar-refractivity contribution < 1.29 is 14.5 Å². The second kappa shape index (κ2) is 11.1. The van der Waals surface area contributed by atoms with Crippen LogP contribution in [0.4, 0.5) is 5.69 Å². The molecule has 0 aromatic heterocycles. The van der Waals surface area contributed by atoms with Gasteiger partial charge in [0.1, 0.15) is 6.10 Å². The van der Waals surface area contributed by atoms with Gasteiger partial charge in [-0.2, -0.15) is 0 Å². The molecule has 0 aliphatic heterocycles. The summed E-state index contributed by atoms with van der Waals surface area (Å²) in [6, 6.07) is 28.7. The summed E-state index contributed by atoms with van der Waals surface area (Å²) in [6.07, 6.45) is 4.01. The second-order valence-corrected chi connectivity index (χ2v) is 10.1. The fraction of sp³-hybridized carbons (Fsp3) is 0.258. The minimum absolute atomic E-state index is 0.107. The van der Waals surface area contributed by atoms with Crippen LogP contribution >= 0.6 is 11.6 Å². The Hall–Kier alpha value is -3.70. The summed E-state index contributed by atoms with van der Waals surface area (Å²) in [4.78, 5) is 24.5. The molecule has 0 spiro atoms. The van der Waals surface area contributed by atoms with Crippen LogP contribution in [0.3, 0.4) is 0 Å². The first-order valence-electron chi connectivity index (χ1n) is 12.7. The van der Waals surface area contributed by atoms with Crippen molar-refractivity contribution in [2.75, 3.05) is 0 Å². The van der Waals surface area contributed by atoms with Crippen molar-refractivity contribution in [2.24, 2.45) is 0 Å². The molecule has 0 unspecified atom stereocenters. The zero-order valence-corrected chi connectivity index (χ0v) is 21.1. The highest BCUT2D eigenvalue weighted by molar-refractivity contribution is 6.31. The first kappa shape index (κ1) is 25.0. The van der Waals surface area contributed by atoms with E-state index in [9.17, 15) is 14.9 Å². The Morgan fingerprint density at radius 3 is 2.41 bits per heavy atom. The maximum atomic E-state index is 13.8. The van der Waals surface area contributed by atoms with Crippen molar-refractivity contribution in [2.45, 2.75) is 50.0 Å². The van der Waals surface area contributed by atoms with Crippen LogP contribution in [0.1, 0.15) is 54.2 Å². The van der Waals surface area contributed by atoms with Crippen LogP contribution in [-0.4, -0.2) is 17.0 Å². The van der Waals surface area contributed by atoms with Crippen LogP contribution in [0.2, 0.25) is 5.02 Å². The van der Waals surface area contributed by atoms with Gasteiger partial charge in [-0.05, 0) is 59.2 Å². The Bertz CT molecular complexity index is 1420. The van der Waals surface area contributed by atoms with Crippen LogP contribution in [0.5, 0.6) is 0 Å². The summed E-state index contributed by atoms with van der Waals surface area (Å²) in [6.45, 7) is 0. The molecule has 0 saturated heterocycles. The maximum absolute atomic E-state index is 13.8. The van der Waals surface area contributed by atoms with Gasteiger partial charge in [-0.3, -0.25) is 14.9 Å². The molecule has 5 rings (SSSR count). The molecule has 0 N–H and O–H groups in total. The van der Waals surface area contributed by atoms with E-state index in [1.54, 1.807) is 6.07 Å². The Morgan fingerprint density at radius 2 is 1.65 bits per heavy atom. The number of benzene rings is 4. The number of nitro groups is 1. The van der Waals surface area contributed by atoms with Gasteiger partial charge in [0.25, 0.3) is 5.69 Å². The van der Waals surface area contributed by atoms with Gasteiger partial charge in [0.2, 0.25) is 0 Å². The number of esters is 1. The number of non-ortho nitro benzene ring substituents is 1. The van der Waals surface area contributed by atoms with Crippen molar-refractivity contribution in [3.8, 4) is 0 Å². The molecule has 0 radical (unpaired) electrons. The summed E-state index contributed by atoms with van der Waals surface area (Å²) in [5, 5.41) is 13.8. The predicted octanol–water partition coefficient (Wildman–Crippen LogP) is 8.00. The highest BCUT2D eigenvalue weighted by Crippen LogP contribution is 2.38. The van der Waals surface area contributed by atoms with Gasteiger partial charge in [0.05, 0.1) is 15.9 Å². The minimum atomic E-state index is -0.671. The lowest BCUT2D eigenvalue weighted by molar-refractivity contribution is -0.384. The summed E-state index contributed by atoms with van der Waals surface area (Å²) in [5.41, 5.74) is 2.58. The summed E-state index contributed by atoms with van der Waals surface area (Å²) in [7, 11) is 0. The number of hydrogen-bond acceptors (Lipinski definition) is 4. The molecule has 1 saturated carbocycles. The number of carbonyl (C=O) groups is 1. The Morgan fingerprint density at radius 1 is 0.919 bits per heavy atom. The molecular formula is C31H28ClNO4. The molecule has 0 bridgehead atoms. The summed E-state index contributed by atoms with van der Waals surface area (Å²) >= 11 is 6.49. The number of carbonyl (C=O) groups excluding carboxylic acids is 1. The number of nitro benzene ring substituents is 1. The van der Waals surface area contributed by atoms with E-state index >= 15 is 0 Å². The van der Waals surface area contributed by atoms with Crippen molar-refractivity contribution in [1.82, 2.24) is 0 Å². The topological polar surface area (TPSA) is 69.4 Å². The molecule has 1 aliphatic rings. The van der Waals surface area contributed by atoms with Crippen LogP contribution < -0.4 is 0 Å². The first-order valence-corrected chi connectivity index (χ1v) is 13.0. The molecule has 37 heavy (non-hydrogen) atoms. The van der Waals surface area contributed by atoms with Gasteiger partial charge in [-0.15, -0.1) is 0 Å². The molecule has 188 valence electrons. The molecule has 0 heterocycles. The second-order valence-electron chi connectivity index (χ2n) is 9.68. The van der Waals surface area contributed by atoms with Crippen LogP contribution in [0.15, 0.2) is 91.0 Å². The number of nitrogens with zero attached hydrogens (tertiary/aromatic N) is 1. The highest BCUT2D eigenvalue weighted by atomic mass is 35.5. The van der Waals surface area contributed by atoms with Gasteiger partial charge in [-0.1, -0.05) is 90.8 Å². The van der Waals surface area contributed by atoms with E-state index in [4.69, 9.17) is 16.3 Å². The predicted molar refractivity (Wildman–Crippen MR) is 146 cm³/mol. The molecule has 4 aromatic carbocycles. The zero-order valence-electron chi connectivity index (χ0n) is 20.4. The van der Waals surface area contributed by atoms with Gasteiger partial charge in [0, 0.05) is 18.1 Å². The lowest BCUT2D eigenvalue weighted by atomic mass is 9.81. The van der Waals surface area contributed by atoms with Gasteiger partial charge < -0.3 is 4.74 Å². The molecule has 3 atom stereocenters. The van der Waals surface area contributed by atoms with Crippen LogP contribution in [0, 0.1) is 10.1 Å². The average molecular weight is 514 g/mol.